The van der Waals surface area contributed by atoms with Gasteiger partial charge in [-0.05, 0) is 18.6 Å². The molecule has 8 heteroatoms. The Kier molecular flexibility index (Phi) is 5.13. The van der Waals surface area contributed by atoms with Gasteiger partial charge in [-0.2, -0.15) is 0 Å². The molecule has 0 aromatic heterocycles. The number of benzene rings is 1. The summed E-state index contributed by atoms with van der Waals surface area (Å²) in [4.78, 5) is 32.4. The number of carboxylic acids is 1. The molecule has 108 valence electrons. The van der Waals surface area contributed by atoms with E-state index >= 15 is 0 Å². The van der Waals surface area contributed by atoms with E-state index in [9.17, 15) is 24.1 Å². The number of rotatable bonds is 6. The lowest BCUT2D eigenvalue weighted by Gasteiger charge is -2.14. The minimum atomic E-state index is -1.09. The van der Waals surface area contributed by atoms with Crippen molar-refractivity contribution in [2.45, 2.75) is 25.8 Å². The van der Waals surface area contributed by atoms with E-state index in [0.717, 1.165) is 12.1 Å². The van der Waals surface area contributed by atoms with Crippen molar-refractivity contribution in [3.8, 4) is 0 Å². The highest BCUT2D eigenvalue weighted by Crippen LogP contribution is 2.20. The molecular weight excluding hydrogens is 271 g/mol. The van der Waals surface area contributed by atoms with Crippen LogP contribution in [-0.4, -0.2) is 27.9 Å². The molecule has 1 aromatic rings. The van der Waals surface area contributed by atoms with Crippen molar-refractivity contribution in [3.63, 3.8) is 0 Å². The average Bonchev–Trinajstić information content (AvgIpc) is 2.36. The molecule has 0 aliphatic heterocycles. The van der Waals surface area contributed by atoms with Gasteiger partial charge in [0.1, 0.15) is 11.4 Å². The van der Waals surface area contributed by atoms with Crippen molar-refractivity contribution < 1.29 is 24.0 Å². The first-order valence-electron chi connectivity index (χ1n) is 5.81. The van der Waals surface area contributed by atoms with Crippen LogP contribution in [0, 0.1) is 15.9 Å². The van der Waals surface area contributed by atoms with Gasteiger partial charge < -0.3 is 10.4 Å². The molecule has 2 N–H and O–H groups in total. The van der Waals surface area contributed by atoms with Gasteiger partial charge in [0, 0.05) is 6.04 Å². The Balaban J connectivity index is 2.97. The Morgan fingerprint density at radius 2 is 2.15 bits per heavy atom. The van der Waals surface area contributed by atoms with Crippen LogP contribution in [0.4, 0.5) is 10.1 Å². The Morgan fingerprint density at radius 1 is 1.50 bits per heavy atom. The Labute approximate surface area is 113 Å². The highest BCUT2D eigenvalue weighted by molar-refractivity contribution is 5.98. The first kappa shape index (κ1) is 15.5. The van der Waals surface area contributed by atoms with Crippen LogP contribution in [0.25, 0.3) is 0 Å². The van der Waals surface area contributed by atoms with Crippen molar-refractivity contribution in [2.24, 2.45) is 0 Å². The number of nitro benzene ring substituents is 1. The first-order valence-corrected chi connectivity index (χ1v) is 5.81. The highest BCUT2D eigenvalue weighted by Gasteiger charge is 2.23. The molecule has 1 atom stereocenters. The number of amides is 1. The van der Waals surface area contributed by atoms with Gasteiger partial charge in [0.05, 0.1) is 17.4 Å². The molecule has 7 nitrogen and oxygen atoms in total. The number of nitrogens with one attached hydrogen (secondary N) is 1. The summed E-state index contributed by atoms with van der Waals surface area (Å²) in [5, 5.41) is 21.8. The molecule has 1 amide bonds. The number of aliphatic carboxylic acids is 1. The van der Waals surface area contributed by atoms with Crippen LogP contribution in [0.3, 0.4) is 0 Å². The quantitative estimate of drug-likeness (QED) is 0.610. The van der Waals surface area contributed by atoms with Gasteiger partial charge in [0.2, 0.25) is 0 Å². The number of carbonyl (C=O) groups excluding carboxylic acids is 1. The Bertz CT molecular complexity index is 547. The lowest BCUT2D eigenvalue weighted by Crippen LogP contribution is -2.36. The van der Waals surface area contributed by atoms with Gasteiger partial charge >= 0.3 is 5.97 Å². The van der Waals surface area contributed by atoms with E-state index in [-0.39, 0.29) is 12.0 Å². The first-order chi connectivity index (χ1) is 9.35. The maximum atomic E-state index is 13.0. The fourth-order valence-corrected chi connectivity index (χ4v) is 1.62. The fraction of sp³-hybridized carbons (Fsp3) is 0.333. The normalized spacial score (nSPS) is 11.7. The number of nitro groups is 1. The van der Waals surface area contributed by atoms with Crippen LogP contribution in [0.2, 0.25) is 0 Å². The van der Waals surface area contributed by atoms with Crippen molar-refractivity contribution in [1.29, 1.82) is 0 Å². The fourth-order valence-electron chi connectivity index (χ4n) is 1.62. The van der Waals surface area contributed by atoms with Gasteiger partial charge in [0.25, 0.3) is 11.6 Å². The summed E-state index contributed by atoms with van der Waals surface area (Å²) in [5.41, 5.74) is -0.965. The summed E-state index contributed by atoms with van der Waals surface area (Å²) in [7, 11) is 0. The lowest BCUT2D eigenvalue weighted by atomic mass is 10.1. The second kappa shape index (κ2) is 6.60. The second-order valence-electron chi connectivity index (χ2n) is 4.10. The monoisotopic (exact) mass is 284 g/mol. The van der Waals surface area contributed by atoms with E-state index in [1.54, 1.807) is 6.92 Å². The molecule has 0 saturated carbocycles. The average molecular weight is 284 g/mol. The van der Waals surface area contributed by atoms with Crippen LogP contribution < -0.4 is 5.32 Å². The summed E-state index contributed by atoms with van der Waals surface area (Å²) in [6.45, 7) is 1.67. The van der Waals surface area contributed by atoms with Gasteiger partial charge in [-0.25, -0.2) is 4.39 Å². The van der Waals surface area contributed by atoms with E-state index in [2.05, 4.69) is 5.32 Å². The summed E-state index contributed by atoms with van der Waals surface area (Å²) in [5.74, 6) is -2.72. The van der Waals surface area contributed by atoms with Crippen LogP contribution in [0.5, 0.6) is 0 Å². The Hall–Kier alpha value is -2.51. The third-order valence-electron chi connectivity index (χ3n) is 2.65. The molecule has 1 rings (SSSR count). The maximum Gasteiger partial charge on any atom is 0.305 e. The third kappa shape index (κ3) is 4.01. The van der Waals surface area contributed by atoms with E-state index in [1.807, 2.05) is 0 Å². The maximum absolute atomic E-state index is 13.0. The van der Waals surface area contributed by atoms with E-state index in [4.69, 9.17) is 5.11 Å². The van der Waals surface area contributed by atoms with Crippen molar-refractivity contribution in [1.82, 2.24) is 5.32 Å². The summed E-state index contributed by atoms with van der Waals surface area (Å²) < 4.78 is 13.0. The molecule has 0 saturated heterocycles. The zero-order valence-electron chi connectivity index (χ0n) is 10.6. The predicted octanol–water partition coefficient (Wildman–Crippen LogP) is 1.72. The third-order valence-corrected chi connectivity index (χ3v) is 2.65. The summed E-state index contributed by atoms with van der Waals surface area (Å²) >= 11 is 0. The zero-order valence-corrected chi connectivity index (χ0v) is 10.6. The van der Waals surface area contributed by atoms with Crippen LogP contribution in [0.1, 0.15) is 30.1 Å². The molecule has 1 aromatic carbocycles. The smallest absolute Gasteiger partial charge is 0.305 e. The largest absolute Gasteiger partial charge is 0.481 e. The molecule has 1 unspecified atom stereocenters. The van der Waals surface area contributed by atoms with Gasteiger partial charge in [-0.15, -0.1) is 0 Å². The van der Waals surface area contributed by atoms with E-state index in [0.29, 0.717) is 12.5 Å². The van der Waals surface area contributed by atoms with E-state index in [1.165, 1.54) is 0 Å². The number of carbonyl (C=O) groups is 2. The zero-order chi connectivity index (χ0) is 15.3. The molecular formula is C12H13FN2O5. The molecule has 0 bridgehead atoms. The lowest BCUT2D eigenvalue weighted by molar-refractivity contribution is -0.385. The van der Waals surface area contributed by atoms with Crippen molar-refractivity contribution in [2.75, 3.05) is 0 Å². The van der Waals surface area contributed by atoms with Gasteiger partial charge in [0.15, 0.2) is 0 Å². The topological polar surface area (TPSA) is 110 Å². The summed E-state index contributed by atoms with van der Waals surface area (Å²) in [6, 6.07) is 1.92. The highest BCUT2D eigenvalue weighted by atomic mass is 19.1. The molecule has 0 aliphatic carbocycles. The minimum Gasteiger partial charge on any atom is -0.481 e. The SMILES string of the molecule is CCC(CC(=O)O)NC(=O)c1ccc(F)cc1[N+](=O)[O-]. The second-order valence-corrected chi connectivity index (χ2v) is 4.10. The number of halogens is 1. The minimum absolute atomic E-state index is 0.294. The number of hydrogen-bond donors (Lipinski definition) is 2. The molecule has 20 heavy (non-hydrogen) atoms. The molecule has 0 aliphatic rings. The predicted molar refractivity (Wildman–Crippen MR) is 66.9 cm³/mol. The molecule has 0 radical (unpaired) electrons. The number of carboxylic acid groups (broad SMARTS) is 1. The van der Waals surface area contributed by atoms with Crippen molar-refractivity contribution in [3.05, 3.63) is 39.7 Å². The number of hydrogen-bond acceptors (Lipinski definition) is 4. The molecule has 0 fully saturated rings. The number of nitrogens with zero attached hydrogens (tertiary/aromatic N) is 1. The molecule has 0 heterocycles. The standard InChI is InChI=1S/C12H13FN2O5/c1-2-8(6-11(16)17)14-12(18)9-4-3-7(13)5-10(9)15(19)20/h3-5,8H,2,6H2,1H3,(H,14,18)(H,16,17). The van der Waals surface area contributed by atoms with Crippen LogP contribution >= 0.6 is 0 Å². The van der Waals surface area contributed by atoms with Crippen molar-refractivity contribution >= 4 is 17.6 Å². The van der Waals surface area contributed by atoms with Gasteiger partial charge in [-0.3, -0.25) is 19.7 Å². The molecule has 0 spiro atoms. The summed E-state index contributed by atoms with van der Waals surface area (Å²) in [6.07, 6.45) is 0.0598. The van der Waals surface area contributed by atoms with Crippen LogP contribution in [-0.2, 0) is 4.79 Å². The van der Waals surface area contributed by atoms with E-state index < -0.39 is 34.3 Å². The van der Waals surface area contributed by atoms with Gasteiger partial charge in [-0.1, -0.05) is 6.92 Å². The van der Waals surface area contributed by atoms with Crippen LogP contribution in [0.15, 0.2) is 18.2 Å². The Morgan fingerprint density at radius 3 is 2.65 bits per heavy atom.